The highest BCUT2D eigenvalue weighted by atomic mass is 16.5. The summed E-state index contributed by atoms with van der Waals surface area (Å²) in [6.07, 6.45) is 9.81. The summed E-state index contributed by atoms with van der Waals surface area (Å²) in [5.41, 5.74) is 6.41. The molecule has 0 bridgehead atoms. The normalized spacial score (nSPS) is 18.1. The van der Waals surface area contributed by atoms with Crippen molar-refractivity contribution in [1.82, 2.24) is 4.98 Å². The predicted octanol–water partition coefficient (Wildman–Crippen LogP) is 2.64. The molecule has 1 fully saturated rings. The van der Waals surface area contributed by atoms with Crippen LogP contribution < -0.4 is 10.5 Å². The average molecular weight is 220 g/mol. The first-order valence-corrected chi connectivity index (χ1v) is 6.20. The second-order valence-electron chi connectivity index (χ2n) is 4.42. The smallest absolute Gasteiger partial charge is 0.138 e. The summed E-state index contributed by atoms with van der Waals surface area (Å²) < 4.78 is 5.93. The summed E-state index contributed by atoms with van der Waals surface area (Å²) in [7, 11) is 0. The number of nitrogens with zero attached hydrogens (tertiary/aromatic N) is 1. The zero-order valence-corrected chi connectivity index (χ0v) is 9.69. The van der Waals surface area contributed by atoms with Crippen LogP contribution >= 0.6 is 0 Å². The van der Waals surface area contributed by atoms with Crippen LogP contribution in [0.2, 0.25) is 0 Å². The molecular weight excluding hydrogens is 200 g/mol. The molecule has 0 saturated heterocycles. The van der Waals surface area contributed by atoms with Gasteiger partial charge in [0.25, 0.3) is 0 Å². The first kappa shape index (κ1) is 11.4. The maximum absolute atomic E-state index is 5.93. The molecule has 1 aliphatic rings. The summed E-state index contributed by atoms with van der Waals surface area (Å²) in [6.45, 7) is 0.490. The van der Waals surface area contributed by atoms with Crippen molar-refractivity contribution in [3.8, 4) is 5.75 Å². The summed E-state index contributed by atoms with van der Waals surface area (Å²) in [6, 6.07) is 3.91. The molecule has 88 valence electrons. The minimum absolute atomic E-state index is 0.382. The number of hydrogen-bond donors (Lipinski definition) is 1. The third-order valence-electron chi connectivity index (χ3n) is 3.11. The summed E-state index contributed by atoms with van der Waals surface area (Å²) >= 11 is 0. The largest absolute Gasteiger partial charge is 0.489 e. The fourth-order valence-corrected chi connectivity index (χ4v) is 2.15. The molecule has 0 radical (unpaired) electrons. The molecule has 1 aliphatic carbocycles. The maximum atomic E-state index is 5.93. The van der Waals surface area contributed by atoms with Crippen molar-refractivity contribution in [2.45, 2.75) is 51.2 Å². The van der Waals surface area contributed by atoms with Crippen molar-refractivity contribution in [3.63, 3.8) is 0 Å². The minimum Gasteiger partial charge on any atom is -0.489 e. The molecular formula is C13H20N2O. The molecule has 1 aromatic rings. The fourth-order valence-electron chi connectivity index (χ4n) is 2.15. The van der Waals surface area contributed by atoms with Crippen molar-refractivity contribution in [1.29, 1.82) is 0 Å². The van der Waals surface area contributed by atoms with Crippen LogP contribution in [-0.2, 0) is 6.54 Å². The van der Waals surface area contributed by atoms with Gasteiger partial charge in [-0.2, -0.15) is 0 Å². The van der Waals surface area contributed by atoms with Crippen LogP contribution in [0.25, 0.3) is 0 Å². The zero-order valence-electron chi connectivity index (χ0n) is 9.69. The molecule has 3 heteroatoms. The van der Waals surface area contributed by atoms with Gasteiger partial charge in [-0.25, -0.2) is 0 Å². The number of ether oxygens (including phenoxy) is 1. The lowest BCUT2D eigenvalue weighted by molar-refractivity contribution is 0.183. The Kier molecular flexibility index (Phi) is 4.17. The van der Waals surface area contributed by atoms with Crippen LogP contribution in [0.1, 0.15) is 44.2 Å². The van der Waals surface area contributed by atoms with Gasteiger partial charge < -0.3 is 10.5 Å². The second kappa shape index (κ2) is 5.85. The summed E-state index contributed by atoms with van der Waals surface area (Å²) in [5.74, 6) is 0.879. The Morgan fingerprint density at radius 3 is 2.50 bits per heavy atom. The predicted molar refractivity (Wildman–Crippen MR) is 64.2 cm³/mol. The van der Waals surface area contributed by atoms with Gasteiger partial charge in [0.15, 0.2) is 0 Å². The van der Waals surface area contributed by atoms with Crippen LogP contribution in [0.3, 0.4) is 0 Å². The van der Waals surface area contributed by atoms with Crippen molar-refractivity contribution >= 4 is 0 Å². The fraction of sp³-hybridized carbons (Fsp3) is 0.615. The third kappa shape index (κ3) is 3.20. The highest BCUT2D eigenvalue weighted by Crippen LogP contribution is 2.22. The minimum atomic E-state index is 0.382. The van der Waals surface area contributed by atoms with Crippen LogP contribution in [0.4, 0.5) is 0 Å². The molecule has 0 amide bonds. The Balaban J connectivity index is 1.91. The van der Waals surface area contributed by atoms with Gasteiger partial charge in [0.1, 0.15) is 5.75 Å². The SMILES string of the molecule is NCc1ccc(OC2CCCCCC2)cn1. The van der Waals surface area contributed by atoms with Gasteiger partial charge in [0, 0.05) is 6.54 Å². The number of rotatable bonds is 3. The number of aromatic nitrogens is 1. The lowest BCUT2D eigenvalue weighted by Gasteiger charge is -2.16. The van der Waals surface area contributed by atoms with Crippen LogP contribution in [0, 0.1) is 0 Å². The van der Waals surface area contributed by atoms with E-state index in [2.05, 4.69) is 4.98 Å². The van der Waals surface area contributed by atoms with Gasteiger partial charge in [-0.15, -0.1) is 0 Å². The average Bonchev–Trinajstić information content (AvgIpc) is 2.59. The van der Waals surface area contributed by atoms with E-state index in [9.17, 15) is 0 Å². The van der Waals surface area contributed by atoms with Gasteiger partial charge >= 0.3 is 0 Å². The van der Waals surface area contributed by atoms with Gasteiger partial charge in [-0.3, -0.25) is 4.98 Å². The number of nitrogens with two attached hydrogens (primary N) is 1. The van der Waals surface area contributed by atoms with Gasteiger partial charge in [0.2, 0.25) is 0 Å². The van der Waals surface area contributed by atoms with E-state index >= 15 is 0 Å². The molecule has 2 N–H and O–H groups in total. The van der Waals surface area contributed by atoms with E-state index < -0.39 is 0 Å². The quantitative estimate of drug-likeness (QED) is 0.797. The molecule has 0 spiro atoms. The standard InChI is InChI=1S/C13H20N2O/c14-9-11-7-8-13(10-15-11)16-12-5-3-1-2-4-6-12/h7-8,10,12H,1-6,9,14H2. The molecule has 1 heterocycles. The Labute approximate surface area is 97.0 Å². The Bertz CT molecular complexity index is 302. The van der Waals surface area contributed by atoms with Crippen molar-refractivity contribution in [2.24, 2.45) is 5.73 Å². The number of pyridine rings is 1. The van der Waals surface area contributed by atoms with Crippen molar-refractivity contribution in [2.75, 3.05) is 0 Å². The molecule has 1 aromatic heterocycles. The second-order valence-corrected chi connectivity index (χ2v) is 4.42. The first-order chi connectivity index (χ1) is 7.88. The Morgan fingerprint density at radius 1 is 1.19 bits per heavy atom. The van der Waals surface area contributed by atoms with E-state index in [4.69, 9.17) is 10.5 Å². The van der Waals surface area contributed by atoms with Gasteiger partial charge in [-0.1, -0.05) is 12.8 Å². The van der Waals surface area contributed by atoms with Crippen molar-refractivity contribution in [3.05, 3.63) is 24.0 Å². The van der Waals surface area contributed by atoms with E-state index in [0.29, 0.717) is 12.6 Å². The third-order valence-corrected chi connectivity index (χ3v) is 3.11. The van der Waals surface area contributed by atoms with E-state index in [1.165, 1.54) is 38.5 Å². The molecule has 3 nitrogen and oxygen atoms in total. The van der Waals surface area contributed by atoms with E-state index in [1.807, 2.05) is 12.1 Å². The monoisotopic (exact) mass is 220 g/mol. The molecule has 16 heavy (non-hydrogen) atoms. The Hall–Kier alpha value is -1.09. The molecule has 2 rings (SSSR count). The molecule has 0 aliphatic heterocycles. The summed E-state index contributed by atoms with van der Waals surface area (Å²) in [5, 5.41) is 0. The molecule has 0 atom stereocenters. The van der Waals surface area contributed by atoms with Crippen LogP contribution in [-0.4, -0.2) is 11.1 Å². The van der Waals surface area contributed by atoms with E-state index in [0.717, 1.165) is 11.4 Å². The Morgan fingerprint density at radius 2 is 1.94 bits per heavy atom. The van der Waals surface area contributed by atoms with Crippen LogP contribution in [0.15, 0.2) is 18.3 Å². The highest BCUT2D eigenvalue weighted by Gasteiger charge is 2.13. The topological polar surface area (TPSA) is 48.1 Å². The molecule has 0 unspecified atom stereocenters. The molecule has 1 saturated carbocycles. The van der Waals surface area contributed by atoms with Crippen LogP contribution in [0.5, 0.6) is 5.75 Å². The van der Waals surface area contributed by atoms with E-state index in [1.54, 1.807) is 6.20 Å². The highest BCUT2D eigenvalue weighted by molar-refractivity contribution is 5.20. The van der Waals surface area contributed by atoms with Gasteiger partial charge in [-0.05, 0) is 37.8 Å². The van der Waals surface area contributed by atoms with E-state index in [-0.39, 0.29) is 0 Å². The summed E-state index contributed by atoms with van der Waals surface area (Å²) in [4.78, 5) is 4.24. The maximum Gasteiger partial charge on any atom is 0.138 e. The number of hydrogen-bond acceptors (Lipinski definition) is 3. The molecule has 0 aromatic carbocycles. The lowest BCUT2D eigenvalue weighted by Crippen LogP contribution is -2.15. The van der Waals surface area contributed by atoms with Gasteiger partial charge in [0.05, 0.1) is 18.0 Å². The first-order valence-electron chi connectivity index (χ1n) is 6.20. The zero-order chi connectivity index (χ0) is 11.2. The van der Waals surface area contributed by atoms with Crippen molar-refractivity contribution < 1.29 is 4.74 Å². The lowest BCUT2D eigenvalue weighted by atomic mass is 10.1.